The maximum Gasteiger partial charge on any atom is 0.281 e. The summed E-state index contributed by atoms with van der Waals surface area (Å²) in [5.41, 5.74) is 1.46. The minimum absolute atomic E-state index is 0.113. The number of thioether (sulfide) groups is 1. The molecule has 0 heterocycles. The largest absolute Gasteiger partial charge is 0.508 e. The van der Waals surface area contributed by atoms with Gasteiger partial charge in [0.1, 0.15) is 11.1 Å². The second-order valence-corrected chi connectivity index (χ2v) is 4.53. The van der Waals surface area contributed by atoms with Gasteiger partial charge in [-0.15, -0.1) is 0 Å². The lowest BCUT2D eigenvalue weighted by atomic mass is 10.2. The number of phenols is 1. The Hall–Kier alpha value is -1.69. The molecule has 0 radical (unpaired) electrons. The van der Waals surface area contributed by atoms with Crippen LogP contribution in [0.3, 0.4) is 0 Å². The van der Waals surface area contributed by atoms with Gasteiger partial charge in [0.2, 0.25) is 0 Å². The Morgan fingerprint density at radius 1 is 1.47 bits per heavy atom. The van der Waals surface area contributed by atoms with Gasteiger partial charge in [0.05, 0.1) is 0 Å². The van der Waals surface area contributed by atoms with Crippen molar-refractivity contribution < 1.29 is 14.7 Å². The lowest BCUT2D eigenvalue weighted by molar-refractivity contribution is -0.107. The van der Waals surface area contributed by atoms with Crippen molar-refractivity contribution in [1.29, 1.82) is 0 Å². The Labute approximate surface area is 104 Å². The number of rotatable bonds is 4. The van der Waals surface area contributed by atoms with E-state index in [2.05, 4.69) is 10.6 Å². The highest BCUT2D eigenvalue weighted by Crippen LogP contribution is 2.21. The fourth-order valence-corrected chi connectivity index (χ4v) is 1.88. The lowest BCUT2D eigenvalue weighted by Gasteiger charge is -2.13. The van der Waals surface area contributed by atoms with Gasteiger partial charge in [0.25, 0.3) is 5.24 Å². The van der Waals surface area contributed by atoms with Crippen LogP contribution in [0.2, 0.25) is 0 Å². The number of carbonyl (C=O) groups is 2. The number of carbonyl (C=O) groups excluding carboxylic acids is 2. The summed E-state index contributed by atoms with van der Waals surface area (Å²) >= 11 is 0.840. The van der Waals surface area contributed by atoms with E-state index in [0.717, 1.165) is 17.3 Å². The van der Waals surface area contributed by atoms with E-state index >= 15 is 0 Å². The minimum atomic E-state index is -0.684. The maximum absolute atomic E-state index is 11.1. The van der Waals surface area contributed by atoms with Crippen LogP contribution in [0.5, 0.6) is 5.75 Å². The molecule has 0 aliphatic heterocycles. The summed E-state index contributed by atoms with van der Waals surface area (Å²) in [7, 11) is 1.50. The Kier molecular flexibility index (Phi) is 4.84. The first kappa shape index (κ1) is 13.4. The quantitative estimate of drug-likeness (QED) is 0.563. The van der Waals surface area contributed by atoms with E-state index in [1.54, 1.807) is 12.1 Å². The smallest absolute Gasteiger partial charge is 0.281 e. The van der Waals surface area contributed by atoms with Crippen LogP contribution in [0, 0.1) is 6.92 Å². The van der Waals surface area contributed by atoms with Crippen molar-refractivity contribution in [1.82, 2.24) is 5.32 Å². The number of aryl methyl sites for hydroxylation is 1. The topological polar surface area (TPSA) is 78.4 Å². The molecule has 0 aliphatic rings. The summed E-state index contributed by atoms with van der Waals surface area (Å²) < 4.78 is 0. The zero-order valence-electron chi connectivity index (χ0n) is 9.56. The maximum atomic E-state index is 11.1. The number of nitrogens with one attached hydrogen (secondary N) is 2. The van der Waals surface area contributed by atoms with Gasteiger partial charge in [-0.05, 0) is 36.4 Å². The van der Waals surface area contributed by atoms with Gasteiger partial charge in [-0.1, -0.05) is 0 Å². The van der Waals surface area contributed by atoms with Gasteiger partial charge >= 0.3 is 0 Å². The summed E-state index contributed by atoms with van der Waals surface area (Å²) in [4.78, 5) is 21.9. The summed E-state index contributed by atoms with van der Waals surface area (Å²) in [6, 6.07) is 4.88. The molecule has 3 N–H and O–H groups in total. The van der Waals surface area contributed by atoms with E-state index in [1.165, 1.54) is 13.1 Å². The number of aromatic hydroxyl groups is 1. The van der Waals surface area contributed by atoms with Gasteiger partial charge in [-0.2, -0.15) is 0 Å². The third-order valence-electron chi connectivity index (χ3n) is 1.93. The monoisotopic (exact) mass is 254 g/mol. The fourth-order valence-electron chi connectivity index (χ4n) is 1.28. The van der Waals surface area contributed by atoms with E-state index in [-0.39, 0.29) is 11.0 Å². The molecule has 1 unspecified atom stereocenters. The first-order chi connectivity index (χ1) is 8.05. The number of hydrogen-bond acceptors (Lipinski definition) is 5. The molecule has 6 heteroatoms. The minimum Gasteiger partial charge on any atom is -0.508 e. The van der Waals surface area contributed by atoms with Crippen LogP contribution in [0.15, 0.2) is 18.2 Å². The van der Waals surface area contributed by atoms with E-state index in [1.807, 2.05) is 6.92 Å². The highest BCUT2D eigenvalue weighted by molar-refractivity contribution is 8.14. The lowest BCUT2D eigenvalue weighted by Crippen LogP contribution is -2.23. The van der Waals surface area contributed by atoms with Crippen molar-refractivity contribution in [2.24, 2.45) is 0 Å². The number of phenolic OH excluding ortho intramolecular Hbond substituents is 1. The second-order valence-electron chi connectivity index (χ2n) is 3.41. The van der Waals surface area contributed by atoms with Crippen molar-refractivity contribution >= 4 is 29.0 Å². The van der Waals surface area contributed by atoms with Gasteiger partial charge < -0.3 is 20.5 Å². The summed E-state index contributed by atoms with van der Waals surface area (Å²) in [6.45, 7) is 1.83. The molecule has 0 aliphatic carbocycles. The Morgan fingerprint density at radius 3 is 2.71 bits per heavy atom. The third-order valence-corrected chi connectivity index (χ3v) is 2.83. The van der Waals surface area contributed by atoms with Crippen LogP contribution in [-0.4, -0.2) is 29.1 Å². The summed E-state index contributed by atoms with van der Waals surface area (Å²) in [5.74, 6) is 0.113. The van der Waals surface area contributed by atoms with E-state index in [4.69, 9.17) is 0 Å². The molecule has 0 aromatic heterocycles. The molecule has 0 saturated heterocycles. The molecule has 92 valence electrons. The van der Waals surface area contributed by atoms with Crippen molar-refractivity contribution in [3.8, 4) is 5.75 Å². The van der Waals surface area contributed by atoms with Gasteiger partial charge in [-0.25, -0.2) is 0 Å². The zero-order valence-corrected chi connectivity index (χ0v) is 10.4. The molecule has 1 amide bonds. The summed E-state index contributed by atoms with van der Waals surface area (Å²) in [5, 5.41) is 13.7. The molecular formula is C11H14N2O3S. The van der Waals surface area contributed by atoms with Crippen LogP contribution >= 0.6 is 11.8 Å². The number of anilines is 1. The highest BCUT2D eigenvalue weighted by Gasteiger charge is 2.12. The molecule has 0 saturated carbocycles. The number of aldehydes is 1. The van der Waals surface area contributed by atoms with Crippen LogP contribution in [0.4, 0.5) is 10.5 Å². The fraction of sp³-hybridized carbons (Fsp3) is 0.273. The van der Waals surface area contributed by atoms with Gasteiger partial charge in [0.15, 0.2) is 6.29 Å². The molecule has 1 rings (SSSR count). The number of amides is 1. The molecular weight excluding hydrogens is 240 g/mol. The molecule has 0 bridgehead atoms. The molecule has 1 aromatic rings. The number of benzene rings is 1. The first-order valence-corrected chi connectivity index (χ1v) is 5.84. The van der Waals surface area contributed by atoms with Crippen molar-refractivity contribution in [2.45, 2.75) is 12.3 Å². The predicted molar refractivity (Wildman–Crippen MR) is 68.4 cm³/mol. The summed E-state index contributed by atoms with van der Waals surface area (Å²) in [6.07, 6.45) is 0.638. The second kappa shape index (κ2) is 6.15. The average molecular weight is 254 g/mol. The van der Waals surface area contributed by atoms with E-state index in [0.29, 0.717) is 12.0 Å². The Balaban J connectivity index is 2.73. The van der Waals surface area contributed by atoms with E-state index in [9.17, 15) is 14.7 Å². The molecule has 5 nitrogen and oxygen atoms in total. The number of hydrogen-bond donors (Lipinski definition) is 3. The highest BCUT2D eigenvalue weighted by atomic mass is 32.2. The molecule has 1 aromatic carbocycles. The predicted octanol–water partition coefficient (Wildman–Crippen LogP) is 1.71. The zero-order chi connectivity index (χ0) is 12.8. The van der Waals surface area contributed by atoms with Crippen LogP contribution in [0.25, 0.3) is 0 Å². The van der Waals surface area contributed by atoms with Crippen LogP contribution in [-0.2, 0) is 4.79 Å². The van der Waals surface area contributed by atoms with Crippen LogP contribution in [0.1, 0.15) is 5.56 Å². The van der Waals surface area contributed by atoms with Gasteiger partial charge in [0, 0.05) is 18.8 Å². The third kappa shape index (κ3) is 4.36. The van der Waals surface area contributed by atoms with Crippen molar-refractivity contribution in [2.75, 3.05) is 12.4 Å². The van der Waals surface area contributed by atoms with Crippen molar-refractivity contribution in [3.63, 3.8) is 0 Å². The molecule has 0 fully saturated rings. The van der Waals surface area contributed by atoms with Crippen molar-refractivity contribution in [3.05, 3.63) is 23.8 Å². The normalized spacial score (nSPS) is 11.6. The molecule has 1 atom stereocenters. The van der Waals surface area contributed by atoms with Gasteiger partial charge in [-0.3, -0.25) is 4.79 Å². The van der Waals surface area contributed by atoms with E-state index < -0.39 is 5.37 Å². The Morgan fingerprint density at radius 2 is 2.18 bits per heavy atom. The first-order valence-electron chi connectivity index (χ1n) is 4.96. The SMILES string of the molecule is CNC(=O)SC(C=O)Nc1cc(C)cc(O)c1. The van der Waals surface area contributed by atoms with Crippen LogP contribution < -0.4 is 10.6 Å². The standard InChI is InChI=1S/C11H14N2O3S/c1-7-3-8(5-9(15)4-7)13-10(6-14)17-11(16)12-2/h3-6,10,13,15H,1-2H3,(H,12,16). The molecule has 17 heavy (non-hydrogen) atoms. The Bertz CT molecular complexity index is 403. The molecule has 0 spiro atoms. The average Bonchev–Trinajstić information content (AvgIpc) is 2.26.